The first-order chi connectivity index (χ1) is 12.0. The van der Waals surface area contributed by atoms with E-state index in [0.29, 0.717) is 0 Å². The SMILES string of the molecule is CC(=NNC(=N)N)c1sc(-c2ccc(C3CCCCC3)cc2)nc1C. The van der Waals surface area contributed by atoms with Crippen LogP contribution in [0.25, 0.3) is 10.6 Å². The zero-order valence-corrected chi connectivity index (χ0v) is 15.6. The maximum Gasteiger partial charge on any atom is 0.206 e. The molecule has 25 heavy (non-hydrogen) atoms. The third kappa shape index (κ3) is 4.25. The lowest BCUT2D eigenvalue weighted by molar-refractivity contribution is 0.443. The van der Waals surface area contributed by atoms with Crippen molar-refractivity contribution in [1.29, 1.82) is 5.41 Å². The van der Waals surface area contributed by atoms with Crippen molar-refractivity contribution in [2.45, 2.75) is 51.9 Å². The third-order valence-electron chi connectivity index (χ3n) is 4.70. The van der Waals surface area contributed by atoms with Crippen molar-refractivity contribution < 1.29 is 0 Å². The summed E-state index contributed by atoms with van der Waals surface area (Å²) < 4.78 is 0. The number of rotatable bonds is 4. The molecular weight excluding hydrogens is 330 g/mol. The molecule has 4 N–H and O–H groups in total. The van der Waals surface area contributed by atoms with E-state index in [9.17, 15) is 0 Å². The number of benzene rings is 1. The molecule has 1 aromatic heterocycles. The minimum absolute atomic E-state index is 0.167. The van der Waals surface area contributed by atoms with Gasteiger partial charge in [-0.1, -0.05) is 43.5 Å². The van der Waals surface area contributed by atoms with Gasteiger partial charge in [-0.25, -0.2) is 10.4 Å². The van der Waals surface area contributed by atoms with Crippen LogP contribution in [0.4, 0.5) is 0 Å². The van der Waals surface area contributed by atoms with Crippen molar-refractivity contribution >= 4 is 23.0 Å². The van der Waals surface area contributed by atoms with E-state index in [1.165, 1.54) is 37.7 Å². The number of thiazole rings is 1. The molecule has 0 radical (unpaired) electrons. The average Bonchev–Trinajstić information content (AvgIpc) is 3.02. The van der Waals surface area contributed by atoms with Crippen molar-refractivity contribution in [3.05, 3.63) is 40.4 Å². The fourth-order valence-corrected chi connectivity index (χ4v) is 4.40. The first-order valence-electron chi connectivity index (χ1n) is 8.77. The molecular formula is C19H25N5S. The van der Waals surface area contributed by atoms with Crippen LogP contribution in [-0.2, 0) is 0 Å². The highest BCUT2D eigenvalue weighted by atomic mass is 32.1. The Bertz CT molecular complexity index is 770. The summed E-state index contributed by atoms with van der Waals surface area (Å²) >= 11 is 1.62. The number of hydrazone groups is 1. The second-order valence-corrected chi connectivity index (χ2v) is 7.61. The molecule has 2 aromatic rings. The summed E-state index contributed by atoms with van der Waals surface area (Å²) in [6, 6.07) is 8.90. The van der Waals surface area contributed by atoms with Gasteiger partial charge in [0.25, 0.3) is 0 Å². The van der Waals surface area contributed by atoms with Gasteiger partial charge in [0.1, 0.15) is 5.01 Å². The van der Waals surface area contributed by atoms with Crippen LogP contribution in [0.1, 0.15) is 61.1 Å². The molecule has 1 heterocycles. The number of nitrogens with zero attached hydrogens (tertiary/aromatic N) is 2. The second-order valence-electron chi connectivity index (χ2n) is 6.61. The summed E-state index contributed by atoms with van der Waals surface area (Å²) in [6.07, 6.45) is 6.73. The van der Waals surface area contributed by atoms with Crippen LogP contribution in [0, 0.1) is 12.3 Å². The normalized spacial score (nSPS) is 16.0. The van der Waals surface area contributed by atoms with E-state index < -0.39 is 0 Å². The summed E-state index contributed by atoms with van der Waals surface area (Å²) in [6.45, 7) is 3.88. The number of guanidine groups is 1. The van der Waals surface area contributed by atoms with Crippen LogP contribution < -0.4 is 11.2 Å². The van der Waals surface area contributed by atoms with Gasteiger partial charge in [0, 0.05) is 5.56 Å². The summed E-state index contributed by atoms with van der Waals surface area (Å²) in [5.74, 6) is 0.559. The van der Waals surface area contributed by atoms with E-state index in [0.717, 1.165) is 32.8 Å². The Morgan fingerprint density at radius 1 is 1.24 bits per heavy atom. The van der Waals surface area contributed by atoms with Gasteiger partial charge >= 0.3 is 0 Å². The van der Waals surface area contributed by atoms with Crippen molar-refractivity contribution in [3.63, 3.8) is 0 Å². The van der Waals surface area contributed by atoms with Crippen molar-refractivity contribution in [3.8, 4) is 10.6 Å². The molecule has 0 spiro atoms. The molecule has 132 valence electrons. The molecule has 0 bridgehead atoms. The Labute approximate surface area is 152 Å². The van der Waals surface area contributed by atoms with Gasteiger partial charge in [-0.3, -0.25) is 5.41 Å². The topological polar surface area (TPSA) is 87.2 Å². The van der Waals surface area contributed by atoms with Gasteiger partial charge in [-0.15, -0.1) is 11.3 Å². The minimum Gasteiger partial charge on any atom is -0.369 e. The third-order valence-corrected chi connectivity index (χ3v) is 6.02. The van der Waals surface area contributed by atoms with Crippen LogP contribution >= 0.6 is 11.3 Å². The van der Waals surface area contributed by atoms with E-state index in [1.807, 2.05) is 13.8 Å². The predicted octanol–water partition coefficient (Wildman–Crippen LogP) is 4.37. The molecule has 1 saturated carbocycles. The first-order valence-corrected chi connectivity index (χ1v) is 9.58. The Morgan fingerprint density at radius 2 is 1.92 bits per heavy atom. The molecule has 0 amide bonds. The van der Waals surface area contributed by atoms with Gasteiger partial charge in [-0.05, 0) is 38.2 Å². The molecule has 1 aliphatic carbocycles. The summed E-state index contributed by atoms with van der Waals surface area (Å²) in [7, 11) is 0. The fourth-order valence-electron chi connectivity index (χ4n) is 3.38. The Morgan fingerprint density at radius 3 is 2.56 bits per heavy atom. The van der Waals surface area contributed by atoms with E-state index in [2.05, 4.69) is 34.8 Å². The lowest BCUT2D eigenvalue weighted by Gasteiger charge is -2.21. The number of hydrogen-bond acceptors (Lipinski definition) is 4. The fraction of sp³-hybridized carbons (Fsp3) is 0.421. The molecule has 0 atom stereocenters. The Balaban J connectivity index is 1.79. The Kier molecular flexibility index (Phi) is 5.48. The first kappa shape index (κ1) is 17.6. The smallest absolute Gasteiger partial charge is 0.206 e. The molecule has 0 aliphatic heterocycles. The zero-order chi connectivity index (χ0) is 17.8. The van der Waals surface area contributed by atoms with Crippen molar-refractivity contribution in [2.75, 3.05) is 0 Å². The van der Waals surface area contributed by atoms with Crippen LogP contribution in [0.2, 0.25) is 0 Å². The van der Waals surface area contributed by atoms with Gasteiger partial charge in [0.2, 0.25) is 5.96 Å². The highest BCUT2D eigenvalue weighted by Crippen LogP contribution is 2.34. The van der Waals surface area contributed by atoms with Crippen LogP contribution in [0.15, 0.2) is 29.4 Å². The van der Waals surface area contributed by atoms with E-state index in [4.69, 9.17) is 16.1 Å². The number of nitrogens with two attached hydrogens (primary N) is 1. The van der Waals surface area contributed by atoms with E-state index >= 15 is 0 Å². The largest absolute Gasteiger partial charge is 0.369 e. The lowest BCUT2D eigenvalue weighted by atomic mass is 9.84. The van der Waals surface area contributed by atoms with E-state index in [-0.39, 0.29) is 5.96 Å². The highest BCUT2D eigenvalue weighted by Gasteiger charge is 2.16. The molecule has 3 rings (SSSR count). The van der Waals surface area contributed by atoms with Gasteiger partial charge in [0.05, 0.1) is 16.3 Å². The maximum absolute atomic E-state index is 7.20. The quantitative estimate of drug-likeness (QED) is 0.432. The molecule has 6 heteroatoms. The second kappa shape index (κ2) is 7.78. The summed E-state index contributed by atoms with van der Waals surface area (Å²) in [4.78, 5) is 5.71. The Hall–Kier alpha value is -2.21. The molecule has 1 aliphatic rings. The van der Waals surface area contributed by atoms with Crippen LogP contribution in [0.5, 0.6) is 0 Å². The zero-order valence-electron chi connectivity index (χ0n) is 14.8. The van der Waals surface area contributed by atoms with Gasteiger partial charge in [-0.2, -0.15) is 5.10 Å². The van der Waals surface area contributed by atoms with Crippen molar-refractivity contribution in [1.82, 2.24) is 10.4 Å². The molecule has 0 unspecified atom stereocenters. The maximum atomic E-state index is 7.20. The molecule has 1 aromatic carbocycles. The molecule has 5 nitrogen and oxygen atoms in total. The summed E-state index contributed by atoms with van der Waals surface area (Å²) in [5.41, 5.74) is 12.1. The minimum atomic E-state index is -0.167. The number of aromatic nitrogens is 1. The number of aryl methyl sites for hydroxylation is 1. The number of hydrogen-bond donors (Lipinski definition) is 3. The van der Waals surface area contributed by atoms with Crippen LogP contribution in [0.3, 0.4) is 0 Å². The average molecular weight is 356 g/mol. The molecule has 0 saturated heterocycles. The highest BCUT2D eigenvalue weighted by molar-refractivity contribution is 7.17. The van der Waals surface area contributed by atoms with Gasteiger partial charge < -0.3 is 5.73 Å². The number of nitrogens with one attached hydrogen (secondary N) is 2. The predicted molar refractivity (Wildman–Crippen MR) is 105 cm³/mol. The van der Waals surface area contributed by atoms with E-state index in [1.54, 1.807) is 11.3 Å². The van der Waals surface area contributed by atoms with Crippen molar-refractivity contribution in [2.24, 2.45) is 10.8 Å². The standard InChI is InChI=1S/C19H25N5S/c1-12-17(13(2)23-24-19(20)21)25-18(22-12)16-10-8-15(9-11-16)14-6-4-3-5-7-14/h8-11,14H,3-7H2,1-2H3,(H4,20,21,24). The monoisotopic (exact) mass is 355 g/mol. The summed E-state index contributed by atoms with van der Waals surface area (Å²) in [5, 5.41) is 12.3. The van der Waals surface area contributed by atoms with Gasteiger partial charge in [0.15, 0.2) is 0 Å². The molecule has 1 fully saturated rings. The van der Waals surface area contributed by atoms with Crippen LogP contribution in [-0.4, -0.2) is 16.7 Å². The lowest BCUT2D eigenvalue weighted by Crippen LogP contribution is -2.26.